The van der Waals surface area contributed by atoms with Crippen molar-refractivity contribution < 1.29 is 16.8 Å². The highest BCUT2D eigenvalue weighted by Crippen LogP contribution is 2.15. The van der Waals surface area contributed by atoms with Crippen LogP contribution in [0.5, 0.6) is 0 Å². The number of hydrogen-bond acceptors (Lipinski definition) is 6. The van der Waals surface area contributed by atoms with Gasteiger partial charge >= 0.3 is 0 Å². The SMILES string of the molecule is CNCCCn1cc(S(=O)(=O)NC2CCS(=O)(=O)C2)cn1. The molecule has 0 aliphatic carbocycles. The average molecular weight is 336 g/mol. The smallest absolute Gasteiger partial charge is 0.243 e. The lowest BCUT2D eigenvalue weighted by Crippen LogP contribution is -2.35. The van der Waals surface area contributed by atoms with Crippen LogP contribution >= 0.6 is 0 Å². The maximum atomic E-state index is 12.2. The highest BCUT2D eigenvalue weighted by atomic mass is 32.2. The third kappa shape index (κ3) is 4.50. The van der Waals surface area contributed by atoms with Gasteiger partial charge in [0.2, 0.25) is 10.0 Å². The maximum Gasteiger partial charge on any atom is 0.243 e. The fourth-order valence-electron chi connectivity index (χ4n) is 2.20. The van der Waals surface area contributed by atoms with Crippen molar-refractivity contribution in [1.29, 1.82) is 0 Å². The van der Waals surface area contributed by atoms with Crippen molar-refractivity contribution in [2.45, 2.75) is 30.3 Å². The second-order valence-corrected chi connectivity index (χ2v) is 9.06. The Morgan fingerprint density at radius 3 is 2.86 bits per heavy atom. The van der Waals surface area contributed by atoms with Gasteiger partial charge in [0, 0.05) is 18.8 Å². The van der Waals surface area contributed by atoms with E-state index in [1.165, 1.54) is 12.4 Å². The van der Waals surface area contributed by atoms with E-state index in [4.69, 9.17) is 0 Å². The van der Waals surface area contributed by atoms with Gasteiger partial charge in [0.25, 0.3) is 0 Å². The second kappa shape index (κ2) is 6.42. The first-order chi connectivity index (χ1) is 9.82. The van der Waals surface area contributed by atoms with Crippen LogP contribution in [0.1, 0.15) is 12.8 Å². The lowest BCUT2D eigenvalue weighted by Gasteiger charge is -2.09. The third-order valence-corrected chi connectivity index (χ3v) is 6.53. The molecular formula is C11H20N4O4S2. The van der Waals surface area contributed by atoms with Crippen LogP contribution in [0.15, 0.2) is 17.3 Å². The van der Waals surface area contributed by atoms with E-state index in [0.717, 1.165) is 13.0 Å². The first-order valence-electron chi connectivity index (χ1n) is 6.72. The van der Waals surface area contributed by atoms with Crippen LogP contribution in [0.4, 0.5) is 0 Å². The number of sulfone groups is 1. The van der Waals surface area contributed by atoms with Crippen LogP contribution < -0.4 is 10.0 Å². The van der Waals surface area contributed by atoms with Crippen LogP contribution in [-0.4, -0.2) is 57.8 Å². The van der Waals surface area contributed by atoms with Gasteiger partial charge in [-0.3, -0.25) is 4.68 Å². The molecular weight excluding hydrogens is 316 g/mol. The second-order valence-electron chi connectivity index (χ2n) is 5.12. The molecule has 1 saturated heterocycles. The monoisotopic (exact) mass is 336 g/mol. The van der Waals surface area contributed by atoms with Gasteiger partial charge in [-0.05, 0) is 26.4 Å². The summed E-state index contributed by atoms with van der Waals surface area (Å²) < 4.78 is 51.1. The highest BCUT2D eigenvalue weighted by Gasteiger charge is 2.31. The minimum Gasteiger partial charge on any atom is -0.320 e. The van der Waals surface area contributed by atoms with Gasteiger partial charge in [0.05, 0.1) is 17.7 Å². The Morgan fingerprint density at radius 2 is 2.24 bits per heavy atom. The molecule has 0 amide bonds. The molecule has 0 saturated carbocycles. The van der Waals surface area contributed by atoms with Gasteiger partial charge in [0.15, 0.2) is 9.84 Å². The molecule has 1 unspecified atom stereocenters. The van der Waals surface area contributed by atoms with Crippen molar-refractivity contribution in [3.05, 3.63) is 12.4 Å². The summed E-state index contributed by atoms with van der Waals surface area (Å²) in [6, 6.07) is -0.548. The van der Waals surface area contributed by atoms with Crippen LogP contribution in [0, 0.1) is 0 Å². The zero-order valence-electron chi connectivity index (χ0n) is 11.8. The molecule has 0 aromatic carbocycles. The minimum atomic E-state index is -3.72. The Balaban J connectivity index is 1.99. The van der Waals surface area contributed by atoms with Gasteiger partial charge in [0.1, 0.15) is 4.90 Å². The molecule has 1 aliphatic heterocycles. The normalized spacial score (nSPS) is 21.7. The van der Waals surface area contributed by atoms with Crippen LogP contribution in [0.3, 0.4) is 0 Å². The van der Waals surface area contributed by atoms with Crippen molar-refractivity contribution in [3.63, 3.8) is 0 Å². The Labute approximate surface area is 124 Å². The average Bonchev–Trinajstić information content (AvgIpc) is 2.97. The lowest BCUT2D eigenvalue weighted by molar-refractivity contribution is 0.556. The Hall–Kier alpha value is -0.970. The van der Waals surface area contributed by atoms with Crippen molar-refractivity contribution in [1.82, 2.24) is 19.8 Å². The number of sulfonamides is 1. The number of aromatic nitrogens is 2. The summed E-state index contributed by atoms with van der Waals surface area (Å²) >= 11 is 0. The molecule has 10 heteroatoms. The topological polar surface area (TPSA) is 110 Å². The standard InChI is InChI=1S/C11H20N4O4S2/c1-12-4-2-5-15-8-11(7-13-15)21(18,19)14-10-3-6-20(16,17)9-10/h7-8,10,12,14H,2-6,9H2,1H3. The first kappa shape index (κ1) is 16.4. The zero-order chi connectivity index (χ0) is 15.5. The molecule has 1 aromatic rings. The van der Waals surface area contributed by atoms with E-state index in [0.29, 0.717) is 13.0 Å². The molecule has 0 spiro atoms. The number of nitrogens with zero attached hydrogens (tertiary/aromatic N) is 2. The molecule has 1 fully saturated rings. The summed E-state index contributed by atoms with van der Waals surface area (Å²) in [5.74, 6) is -0.105. The van der Waals surface area contributed by atoms with E-state index < -0.39 is 25.9 Å². The van der Waals surface area contributed by atoms with E-state index in [2.05, 4.69) is 15.1 Å². The lowest BCUT2D eigenvalue weighted by atomic mass is 10.3. The Kier molecular flexibility index (Phi) is 5.02. The summed E-state index contributed by atoms with van der Waals surface area (Å²) in [5.41, 5.74) is 0. The van der Waals surface area contributed by atoms with Gasteiger partial charge in [-0.25, -0.2) is 21.6 Å². The van der Waals surface area contributed by atoms with E-state index in [1.54, 1.807) is 4.68 Å². The number of nitrogens with one attached hydrogen (secondary N) is 2. The van der Waals surface area contributed by atoms with Gasteiger partial charge in [-0.2, -0.15) is 5.10 Å². The Bertz CT molecular complexity index is 681. The summed E-state index contributed by atoms with van der Waals surface area (Å²) in [6.07, 6.45) is 3.90. The van der Waals surface area contributed by atoms with Crippen LogP contribution in [-0.2, 0) is 26.4 Å². The third-order valence-electron chi connectivity index (χ3n) is 3.29. The van der Waals surface area contributed by atoms with Crippen molar-refractivity contribution in [2.24, 2.45) is 0 Å². The first-order valence-corrected chi connectivity index (χ1v) is 10.0. The number of rotatable bonds is 7. The molecule has 0 radical (unpaired) electrons. The zero-order valence-corrected chi connectivity index (χ0v) is 13.5. The van der Waals surface area contributed by atoms with Crippen molar-refractivity contribution >= 4 is 19.9 Å². The number of hydrogen-bond donors (Lipinski definition) is 2. The Morgan fingerprint density at radius 1 is 1.48 bits per heavy atom. The maximum absolute atomic E-state index is 12.2. The summed E-state index contributed by atoms with van der Waals surface area (Å²) in [5, 5.41) is 7.01. The molecule has 0 bridgehead atoms. The molecule has 120 valence electrons. The van der Waals surface area contributed by atoms with E-state index in [-0.39, 0.29) is 16.4 Å². The molecule has 21 heavy (non-hydrogen) atoms. The van der Waals surface area contributed by atoms with Crippen LogP contribution in [0.2, 0.25) is 0 Å². The van der Waals surface area contributed by atoms with Crippen molar-refractivity contribution in [3.8, 4) is 0 Å². The molecule has 2 heterocycles. The predicted molar refractivity (Wildman–Crippen MR) is 78.2 cm³/mol. The fraction of sp³-hybridized carbons (Fsp3) is 0.727. The van der Waals surface area contributed by atoms with E-state index in [1.807, 2.05) is 7.05 Å². The van der Waals surface area contributed by atoms with E-state index >= 15 is 0 Å². The molecule has 2 rings (SSSR count). The van der Waals surface area contributed by atoms with Crippen molar-refractivity contribution in [2.75, 3.05) is 25.1 Å². The van der Waals surface area contributed by atoms with Gasteiger partial charge in [-0.15, -0.1) is 0 Å². The highest BCUT2D eigenvalue weighted by molar-refractivity contribution is 7.92. The van der Waals surface area contributed by atoms with Gasteiger partial charge < -0.3 is 5.32 Å². The summed E-state index contributed by atoms with van der Waals surface area (Å²) in [7, 11) is -4.99. The predicted octanol–water partition coefficient (Wildman–Crippen LogP) is -1.04. The summed E-state index contributed by atoms with van der Waals surface area (Å²) in [6.45, 7) is 1.44. The largest absolute Gasteiger partial charge is 0.320 e. The molecule has 1 atom stereocenters. The molecule has 1 aromatic heterocycles. The minimum absolute atomic E-state index is 0.0312. The molecule has 8 nitrogen and oxygen atoms in total. The number of aryl methyl sites for hydroxylation is 1. The summed E-state index contributed by atoms with van der Waals surface area (Å²) in [4.78, 5) is 0.0660. The van der Waals surface area contributed by atoms with E-state index in [9.17, 15) is 16.8 Å². The molecule has 1 aliphatic rings. The fourth-order valence-corrected chi connectivity index (χ4v) is 5.20. The van der Waals surface area contributed by atoms with Gasteiger partial charge in [-0.1, -0.05) is 0 Å². The van der Waals surface area contributed by atoms with Crippen LogP contribution in [0.25, 0.3) is 0 Å². The molecule has 2 N–H and O–H groups in total. The quantitative estimate of drug-likeness (QED) is 0.615.